The number of nitriles is 1. The number of hydrogen-bond acceptors (Lipinski definition) is 1. The minimum Gasteiger partial charge on any atom is -0.192 e. The zero-order valence-corrected chi connectivity index (χ0v) is 6.10. The van der Waals surface area contributed by atoms with Gasteiger partial charge in [-0.2, -0.15) is 5.26 Å². The molecule has 0 fully saturated rings. The minimum absolute atomic E-state index is 0.0489. The summed E-state index contributed by atoms with van der Waals surface area (Å²) in [5.74, 6) is 0. The van der Waals surface area contributed by atoms with Crippen LogP contribution in [0.2, 0.25) is 0 Å². The molecule has 0 unspecified atom stereocenters. The fourth-order valence-electron chi connectivity index (χ4n) is 0.779. The summed E-state index contributed by atoms with van der Waals surface area (Å²) in [6.07, 6.45) is 0. The predicted molar refractivity (Wildman–Crippen MR) is 45.4 cm³/mol. The van der Waals surface area contributed by atoms with Gasteiger partial charge in [0.15, 0.2) is 0 Å². The van der Waals surface area contributed by atoms with E-state index in [2.05, 4.69) is 0 Å². The standard InChI is InChI=1S/C10H11N/c1-7-4-10(6-11)5-8(2)9(7)3/h4-5H,1-3H3/i1D3,2D3. The van der Waals surface area contributed by atoms with Crippen LogP contribution in [0.4, 0.5) is 0 Å². The third-order valence-corrected chi connectivity index (χ3v) is 1.54. The van der Waals surface area contributed by atoms with Crippen LogP contribution in [0, 0.1) is 32.0 Å². The summed E-state index contributed by atoms with van der Waals surface area (Å²) in [5, 5.41) is 8.79. The van der Waals surface area contributed by atoms with Crippen molar-refractivity contribution in [3.8, 4) is 6.07 Å². The van der Waals surface area contributed by atoms with Gasteiger partial charge in [0.1, 0.15) is 0 Å². The first kappa shape index (κ1) is 2.98. The molecular weight excluding hydrogens is 134 g/mol. The molecule has 0 amide bonds. The highest BCUT2D eigenvalue weighted by atomic mass is 14.2. The summed E-state index contributed by atoms with van der Waals surface area (Å²) in [6.45, 7) is -3.39. The van der Waals surface area contributed by atoms with Gasteiger partial charge in [0.25, 0.3) is 0 Å². The first-order chi connectivity index (χ1) is 7.57. The first-order valence-corrected chi connectivity index (χ1v) is 3.13. The van der Waals surface area contributed by atoms with E-state index in [0.29, 0.717) is 0 Å². The van der Waals surface area contributed by atoms with Crippen molar-refractivity contribution in [2.75, 3.05) is 0 Å². The van der Waals surface area contributed by atoms with E-state index in [1.165, 1.54) is 19.1 Å². The number of hydrogen-bond donors (Lipinski definition) is 0. The van der Waals surface area contributed by atoms with Crippen LogP contribution in [0.25, 0.3) is 0 Å². The van der Waals surface area contributed by atoms with E-state index in [4.69, 9.17) is 13.5 Å². The van der Waals surface area contributed by atoms with E-state index < -0.39 is 13.7 Å². The van der Waals surface area contributed by atoms with Gasteiger partial charge >= 0.3 is 0 Å². The van der Waals surface area contributed by atoms with Crippen molar-refractivity contribution in [1.29, 1.82) is 5.26 Å². The fourth-order valence-corrected chi connectivity index (χ4v) is 0.779. The fraction of sp³-hybridized carbons (Fsp3) is 0.300. The smallest absolute Gasteiger partial charge is 0.0991 e. The lowest BCUT2D eigenvalue weighted by Crippen LogP contribution is -1.87. The summed E-state index contributed by atoms with van der Waals surface area (Å²) >= 11 is 0. The molecule has 1 aromatic rings. The average molecular weight is 151 g/mol. The highest BCUT2D eigenvalue weighted by Gasteiger charge is 1.98. The van der Waals surface area contributed by atoms with Crippen LogP contribution in [0.1, 0.15) is 30.5 Å². The Kier molecular flexibility index (Phi) is 0.747. The molecular formula is C10H11N. The average Bonchev–Trinajstić information content (AvgIpc) is 2.14. The van der Waals surface area contributed by atoms with Gasteiger partial charge in [0.2, 0.25) is 0 Å². The molecule has 1 aromatic carbocycles. The molecule has 1 heteroatoms. The maximum absolute atomic E-state index is 8.79. The molecule has 0 aromatic heterocycles. The molecule has 0 saturated carbocycles. The van der Waals surface area contributed by atoms with Crippen LogP contribution in [-0.4, -0.2) is 0 Å². The zero-order chi connectivity index (χ0) is 13.4. The van der Waals surface area contributed by atoms with Crippen molar-refractivity contribution in [3.63, 3.8) is 0 Å². The van der Waals surface area contributed by atoms with Crippen LogP contribution in [0.3, 0.4) is 0 Å². The third kappa shape index (κ3) is 1.40. The lowest BCUT2D eigenvalue weighted by Gasteiger charge is -2.03. The molecule has 0 bridgehead atoms. The van der Waals surface area contributed by atoms with Crippen LogP contribution in [0.15, 0.2) is 12.1 Å². The highest BCUT2D eigenvalue weighted by Crippen LogP contribution is 2.14. The predicted octanol–water partition coefficient (Wildman–Crippen LogP) is 2.48. The van der Waals surface area contributed by atoms with Gasteiger partial charge in [-0.25, -0.2) is 0 Å². The number of nitrogens with zero attached hydrogens (tertiary/aromatic N) is 1. The largest absolute Gasteiger partial charge is 0.192 e. The SMILES string of the molecule is [2H]C([2H])([2H])c1cc(C#N)cc(C([2H])([2H])[2H])c1C. The summed E-state index contributed by atoms with van der Waals surface area (Å²) in [4.78, 5) is 0. The Morgan fingerprint density at radius 1 is 1.36 bits per heavy atom. The molecule has 0 aliphatic carbocycles. The van der Waals surface area contributed by atoms with E-state index in [1.54, 1.807) is 6.07 Å². The van der Waals surface area contributed by atoms with Crippen molar-refractivity contribution in [1.82, 2.24) is 0 Å². The molecule has 1 nitrogen and oxygen atoms in total. The van der Waals surface area contributed by atoms with Crippen LogP contribution < -0.4 is 0 Å². The Hall–Kier alpha value is -1.29. The van der Waals surface area contributed by atoms with Crippen molar-refractivity contribution >= 4 is 0 Å². The monoisotopic (exact) mass is 151 g/mol. The summed E-state index contributed by atoms with van der Waals surface area (Å²) in [7, 11) is 0. The highest BCUT2D eigenvalue weighted by molar-refractivity contribution is 5.41. The van der Waals surface area contributed by atoms with Gasteiger partial charge in [0, 0.05) is 8.22 Å². The Morgan fingerprint density at radius 3 is 2.27 bits per heavy atom. The minimum atomic E-state index is -2.42. The van der Waals surface area contributed by atoms with E-state index in [0.717, 1.165) is 0 Å². The Bertz CT molecular complexity index is 442. The Labute approximate surface area is 75.7 Å². The molecule has 1 rings (SSSR count). The van der Waals surface area contributed by atoms with Gasteiger partial charge in [-0.1, -0.05) is 0 Å². The van der Waals surface area contributed by atoms with Gasteiger partial charge in [-0.05, 0) is 49.5 Å². The van der Waals surface area contributed by atoms with Crippen molar-refractivity contribution in [2.45, 2.75) is 20.6 Å². The number of rotatable bonds is 0. The molecule has 0 aliphatic heterocycles. The van der Waals surface area contributed by atoms with Gasteiger partial charge in [-0.3, -0.25) is 0 Å². The molecule has 0 radical (unpaired) electrons. The first-order valence-electron chi connectivity index (χ1n) is 6.13. The molecule has 0 atom stereocenters. The second-order valence-electron chi connectivity index (χ2n) is 2.31. The topological polar surface area (TPSA) is 23.8 Å². The van der Waals surface area contributed by atoms with Crippen LogP contribution in [0.5, 0.6) is 0 Å². The molecule has 0 saturated heterocycles. The molecule has 0 aliphatic rings. The maximum atomic E-state index is 8.79. The van der Waals surface area contributed by atoms with Gasteiger partial charge < -0.3 is 0 Å². The third-order valence-electron chi connectivity index (χ3n) is 1.54. The van der Waals surface area contributed by atoms with Crippen molar-refractivity contribution in [3.05, 3.63) is 34.4 Å². The number of aryl methyl sites for hydroxylation is 2. The Balaban J connectivity index is 3.61. The summed E-state index contributed by atoms with van der Waals surface area (Å²) in [5.41, 5.74) is 0.0854. The number of benzene rings is 1. The summed E-state index contributed by atoms with van der Waals surface area (Å²) < 4.78 is 44.0. The molecule has 56 valence electrons. The molecule has 0 spiro atoms. The van der Waals surface area contributed by atoms with E-state index >= 15 is 0 Å². The van der Waals surface area contributed by atoms with Gasteiger partial charge in [0.05, 0.1) is 11.6 Å². The second-order valence-corrected chi connectivity index (χ2v) is 2.31. The second kappa shape index (κ2) is 2.75. The summed E-state index contributed by atoms with van der Waals surface area (Å²) in [6, 6.07) is 4.22. The van der Waals surface area contributed by atoms with E-state index in [9.17, 15) is 0 Å². The Morgan fingerprint density at radius 2 is 1.91 bits per heavy atom. The molecule has 0 N–H and O–H groups in total. The normalized spacial score (nSPS) is 19.6. The maximum Gasteiger partial charge on any atom is 0.0991 e. The lowest BCUT2D eigenvalue weighted by molar-refractivity contribution is 1.25. The van der Waals surface area contributed by atoms with Crippen LogP contribution >= 0.6 is 0 Å². The van der Waals surface area contributed by atoms with E-state index in [-0.39, 0.29) is 22.3 Å². The zero-order valence-electron chi connectivity index (χ0n) is 12.1. The quantitative estimate of drug-likeness (QED) is 0.559. The molecule has 0 heterocycles. The van der Waals surface area contributed by atoms with Crippen molar-refractivity contribution < 1.29 is 8.22 Å². The van der Waals surface area contributed by atoms with Gasteiger partial charge in [-0.15, -0.1) is 0 Å². The molecule has 11 heavy (non-hydrogen) atoms. The van der Waals surface area contributed by atoms with Crippen LogP contribution in [-0.2, 0) is 0 Å². The van der Waals surface area contributed by atoms with Crippen molar-refractivity contribution in [2.24, 2.45) is 0 Å². The lowest BCUT2D eigenvalue weighted by atomic mass is 10.0. The van der Waals surface area contributed by atoms with E-state index in [1.807, 2.05) is 0 Å².